The second-order valence-corrected chi connectivity index (χ2v) is 3.07. The number of rotatable bonds is 1. The topological polar surface area (TPSA) is 46.2 Å². The summed E-state index contributed by atoms with van der Waals surface area (Å²) < 4.78 is 0. The van der Waals surface area contributed by atoms with Gasteiger partial charge in [0.15, 0.2) is 0 Å². The molecule has 9 heavy (non-hydrogen) atoms. The first kappa shape index (κ1) is 7.03. The molecule has 0 saturated heterocycles. The molecule has 0 spiro atoms. The van der Waals surface area contributed by atoms with Crippen LogP contribution in [0.5, 0.6) is 0 Å². The molecular weight excluding hydrogens is 114 g/mol. The molecule has 3 unspecified atom stereocenters. The summed E-state index contributed by atoms with van der Waals surface area (Å²) >= 11 is 0. The Kier molecular flexibility index (Phi) is 2.09. The number of hydrogen-bond donors (Lipinski definition) is 2. The first-order chi connectivity index (χ1) is 4.20. The molecule has 0 bridgehead atoms. The lowest BCUT2D eigenvalue weighted by Gasteiger charge is -2.11. The van der Waals surface area contributed by atoms with Gasteiger partial charge in [-0.15, -0.1) is 0 Å². The van der Waals surface area contributed by atoms with Crippen molar-refractivity contribution in [1.82, 2.24) is 0 Å². The second-order valence-electron chi connectivity index (χ2n) is 3.07. The summed E-state index contributed by atoms with van der Waals surface area (Å²) in [6.45, 7) is 1.85. The predicted octanol–water partition coefficient (Wildman–Crippen LogP) is 0.495. The van der Waals surface area contributed by atoms with E-state index in [1.54, 1.807) is 0 Å². The Morgan fingerprint density at radius 2 is 2.22 bits per heavy atom. The Morgan fingerprint density at radius 1 is 1.56 bits per heavy atom. The van der Waals surface area contributed by atoms with E-state index < -0.39 is 0 Å². The van der Waals surface area contributed by atoms with Crippen LogP contribution in [0.15, 0.2) is 0 Å². The van der Waals surface area contributed by atoms with Gasteiger partial charge in [0.2, 0.25) is 0 Å². The molecular formula is C7H15NO. The molecule has 0 heterocycles. The van der Waals surface area contributed by atoms with E-state index in [0.29, 0.717) is 12.0 Å². The van der Waals surface area contributed by atoms with Gasteiger partial charge >= 0.3 is 0 Å². The van der Waals surface area contributed by atoms with Crippen LogP contribution in [0.2, 0.25) is 0 Å². The van der Waals surface area contributed by atoms with Crippen molar-refractivity contribution in [3.8, 4) is 0 Å². The van der Waals surface area contributed by atoms with Crippen molar-refractivity contribution in [1.29, 1.82) is 0 Å². The molecule has 3 atom stereocenters. The zero-order chi connectivity index (χ0) is 6.85. The van der Waals surface area contributed by atoms with E-state index in [9.17, 15) is 0 Å². The highest BCUT2D eigenvalue weighted by Gasteiger charge is 2.24. The molecule has 0 aromatic rings. The lowest BCUT2D eigenvalue weighted by atomic mass is 10.0. The van der Waals surface area contributed by atoms with Crippen molar-refractivity contribution >= 4 is 0 Å². The molecule has 2 heteroatoms. The third kappa shape index (κ3) is 1.66. The Labute approximate surface area is 56.1 Å². The molecule has 0 aliphatic heterocycles. The summed E-state index contributed by atoms with van der Waals surface area (Å²) in [7, 11) is 0. The second kappa shape index (κ2) is 2.67. The Morgan fingerprint density at radius 3 is 2.44 bits per heavy atom. The highest BCUT2D eigenvalue weighted by Crippen LogP contribution is 2.26. The highest BCUT2D eigenvalue weighted by molar-refractivity contribution is 4.80. The Balaban J connectivity index is 2.30. The fourth-order valence-corrected chi connectivity index (χ4v) is 1.49. The maximum absolute atomic E-state index is 9.11. The fraction of sp³-hybridized carbons (Fsp3) is 1.00. The minimum atomic E-state index is -0.154. The molecule has 0 amide bonds. The van der Waals surface area contributed by atoms with E-state index in [1.807, 2.05) is 6.92 Å². The van der Waals surface area contributed by atoms with Gasteiger partial charge in [0.25, 0.3) is 0 Å². The number of nitrogens with two attached hydrogens (primary N) is 1. The SMILES string of the molecule is CC(O)C1CCC(N)C1. The Bertz CT molecular complexity index is 92.9. The van der Waals surface area contributed by atoms with Crippen LogP contribution in [-0.2, 0) is 0 Å². The van der Waals surface area contributed by atoms with Crippen LogP contribution in [0.1, 0.15) is 26.2 Å². The van der Waals surface area contributed by atoms with Crippen molar-refractivity contribution < 1.29 is 5.11 Å². The molecule has 1 aliphatic rings. The maximum atomic E-state index is 9.11. The van der Waals surface area contributed by atoms with Crippen LogP contribution in [-0.4, -0.2) is 17.3 Å². The monoisotopic (exact) mass is 129 g/mol. The average Bonchev–Trinajstić information content (AvgIpc) is 2.14. The van der Waals surface area contributed by atoms with Gasteiger partial charge < -0.3 is 10.8 Å². The molecule has 1 aliphatic carbocycles. The molecule has 0 aromatic carbocycles. The fourth-order valence-electron chi connectivity index (χ4n) is 1.49. The van der Waals surface area contributed by atoms with Crippen LogP contribution >= 0.6 is 0 Å². The summed E-state index contributed by atoms with van der Waals surface area (Å²) in [6.07, 6.45) is 3.06. The third-order valence-electron chi connectivity index (χ3n) is 2.20. The summed E-state index contributed by atoms with van der Waals surface area (Å²) in [6, 6.07) is 0.351. The van der Waals surface area contributed by atoms with Crippen molar-refractivity contribution in [3.05, 3.63) is 0 Å². The van der Waals surface area contributed by atoms with Gasteiger partial charge in [0.05, 0.1) is 6.10 Å². The number of hydrogen-bond acceptors (Lipinski definition) is 2. The summed E-state index contributed by atoms with van der Waals surface area (Å²) in [5.74, 6) is 0.472. The van der Waals surface area contributed by atoms with Gasteiger partial charge in [0, 0.05) is 6.04 Å². The van der Waals surface area contributed by atoms with Gasteiger partial charge in [0.1, 0.15) is 0 Å². The van der Waals surface area contributed by atoms with Crippen molar-refractivity contribution in [3.63, 3.8) is 0 Å². The predicted molar refractivity (Wildman–Crippen MR) is 37.0 cm³/mol. The van der Waals surface area contributed by atoms with Gasteiger partial charge in [-0.1, -0.05) is 0 Å². The molecule has 0 aromatic heterocycles. The summed E-state index contributed by atoms with van der Waals surface area (Å²) in [5, 5.41) is 9.11. The van der Waals surface area contributed by atoms with Gasteiger partial charge in [-0.3, -0.25) is 0 Å². The van der Waals surface area contributed by atoms with Crippen LogP contribution in [0.4, 0.5) is 0 Å². The third-order valence-corrected chi connectivity index (χ3v) is 2.20. The first-order valence-corrected chi connectivity index (χ1v) is 3.64. The summed E-state index contributed by atoms with van der Waals surface area (Å²) in [4.78, 5) is 0. The lowest BCUT2D eigenvalue weighted by Crippen LogP contribution is -2.18. The van der Waals surface area contributed by atoms with Crippen molar-refractivity contribution in [2.75, 3.05) is 0 Å². The van der Waals surface area contributed by atoms with Gasteiger partial charge in [-0.2, -0.15) is 0 Å². The standard InChI is InChI=1S/C7H15NO/c1-5(9)6-2-3-7(8)4-6/h5-7,9H,2-4,8H2,1H3. The maximum Gasteiger partial charge on any atom is 0.0540 e. The minimum Gasteiger partial charge on any atom is -0.393 e. The molecule has 3 N–H and O–H groups in total. The number of aliphatic hydroxyl groups is 1. The average molecular weight is 129 g/mol. The minimum absolute atomic E-state index is 0.154. The number of aliphatic hydroxyl groups excluding tert-OH is 1. The molecule has 2 nitrogen and oxygen atoms in total. The van der Waals surface area contributed by atoms with E-state index in [4.69, 9.17) is 10.8 Å². The van der Waals surface area contributed by atoms with Crippen LogP contribution in [0.25, 0.3) is 0 Å². The lowest BCUT2D eigenvalue weighted by molar-refractivity contribution is 0.128. The van der Waals surface area contributed by atoms with Gasteiger partial charge in [-0.25, -0.2) is 0 Å². The normalized spacial score (nSPS) is 39.0. The molecule has 1 rings (SSSR count). The molecule has 0 radical (unpaired) electrons. The van der Waals surface area contributed by atoms with E-state index >= 15 is 0 Å². The first-order valence-electron chi connectivity index (χ1n) is 3.64. The zero-order valence-electron chi connectivity index (χ0n) is 5.88. The zero-order valence-corrected chi connectivity index (χ0v) is 5.88. The van der Waals surface area contributed by atoms with E-state index in [1.165, 1.54) is 0 Å². The molecule has 1 saturated carbocycles. The smallest absolute Gasteiger partial charge is 0.0540 e. The van der Waals surface area contributed by atoms with E-state index in [0.717, 1.165) is 19.3 Å². The van der Waals surface area contributed by atoms with Crippen LogP contribution < -0.4 is 5.73 Å². The molecule has 54 valence electrons. The van der Waals surface area contributed by atoms with Crippen LogP contribution in [0.3, 0.4) is 0 Å². The van der Waals surface area contributed by atoms with E-state index in [2.05, 4.69) is 0 Å². The van der Waals surface area contributed by atoms with E-state index in [-0.39, 0.29) is 6.10 Å². The quantitative estimate of drug-likeness (QED) is 0.541. The van der Waals surface area contributed by atoms with Gasteiger partial charge in [-0.05, 0) is 32.1 Å². The van der Waals surface area contributed by atoms with Crippen LogP contribution in [0, 0.1) is 5.92 Å². The highest BCUT2D eigenvalue weighted by atomic mass is 16.3. The van der Waals surface area contributed by atoms with Crippen molar-refractivity contribution in [2.45, 2.75) is 38.3 Å². The van der Waals surface area contributed by atoms with Crippen molar-refractivity contribution in [2.24, 2.45) is 11.7 Å². The molecule has 1 fully saturated rings. The Hall–Kier alpha value is -0.0800. The summed E-state index contributed by atoms with van der Waals surface area (Å²) in [5.41, 5.74) is 5.65. The largest absolute Gasteiger partial charge is 0.393 e.